The summed E-state index contributed by atoms with van der Waals surface area (Å²) in [6.07, 6.45) is 6.76. The number of aromatic nitrogens is 1. The van der Waals surface area contributed by atoms with Crippen molar-refractivity contribution in [2.24, 2.45) is 11.8 Å². The number of carbonyl (C=O) groups excluding carboxylic acids is 2. The van der Waals surface area contributed by atoms with Gasteiger partial charge in [0.15, 0.2) is 11.4 Å². The third-order valence-electron chi connectivity index (χ3n) is 8.72. The van der Waals surface area contributed by atoms with Crippen molar-refractivity contribution in [1.82, 2.24) is 9.58 Å². The average Bonchev–Trinajstić information content (AvgIpc) is 3.74. The van der Waals surface area contributed by atoms with Gasteiger partial charge in [-0.2, -0.15) is 0 Å². The molecule has 0 unspecified atom stereocenters. The van der Waals surface area contributed by atoms with E-state index in [1.165, 1.54) is 29.4 Å². The van der Waals surface area contributed by atoms with E-state index in [0.717, 1.165) is 29.7 Å². The van der Waals surface area contributed by atoms with Crippen LogP contribution in [0.1, 0.15) is 71.7 Å². The molecule has 1 amide bonds. The second-order valence-corrected chi connectivity index (χ2v) is 12.4. The summed E-state index contributed by atoms with van der Waals surface area (Å²) in [5.74, 6) is 1.20. The number of amides is 1. The van der Waals surface area contributed by atoms with Gasteiger partial charge >= 0.3 is 0 Å². The first-order valence-electron chi connectivity index (χ1n) is 13.8. The molecule has 39 heavy (non-hydrogen) atoms. The Morgan fingerprint density at radius 1 is 0.923 bits per heavy atom. The lowest BCUT2D eigenvalue weighted by atomic mass is 9.76. The SMILES string of the molecule is O=C(CC1CC1)CC1CC(N2CN([C@H]3c4ccccc4CSc4ccccc43)n3ccc(=O)c(O)c3C2=O)C1. The summed E-state index contributed by atoms with van der Waals surface area (Å²) >= 11 is 1.80. The zero-order valence-corrected chi connectivity index (χ0v) is 22.5. The number of hydrogen-bond acceptors (Lipinski definition) is 6. The van der Waals surface area contributed by atoms with Gasteiger partial charge in [0.2, 0.25) is 5.43 Å². The number of pyridine rings is 1. The number of ketones is 1. The zero-order chi connectivity index (χ0) is 26.7. The minimum atomic E-state index is -0.564. The first-order chi connectivity index (χ1) is 19.0. The number of rotatable bonds is 6. The van der Waals surface area contributed by atoms with Gasteiger partial charge in [-0.1, -0.05) is 42.5 Å². The molecule has 0 radical (unpaired) electrons. The number of thioether (sulfide) groups is 1. The Hall–Kier alpha value is -3.52. The number of Topliss-reactive ketones (excluding diaryl/α,β-unsaturated/α-hetero) is 1. The van der Waals surface area contributed by atoms with Crippen LogP contribution < -0.4 is 10.4 Å². The van der Waals surface area contributed by atoms with Crippen LogP contribution in [0.2, 0.25) is 0 Å². The lowest BCUT2D eigenvalue weighted by Crippen LogP contribution is -2.60. The Labute approximate surface area is 231 Å². The van der Waals surface area contributed by atoms with Gasteiger partial charge in [-0.25, -0.2) is 0 Å². The molecule has 0 saturated heterocycles. The topological polar surface area (TPSA) is 82.8 Å². The first kappa shape index (κ1) is 24.5. The molecule has 200 valence electrons. The molecule has 1 atom stereocenters. The smallest absolute Gasteiger partial charge is 0.278 e. The monoisotopic (exact) mass is 541 g/mol. The van der Waals surface area contributed by atoms with Crippen LogP contribution in [0.3, 0.4) is 0 Å². The van der Waals surface area contributed by atoms with Gasteiger partial charge in [0.25, 0.3) is 5.91 Å². The van der Waals surface area contributed by atoms with Crippen LogP contribution in [-0.2, 0) is 10.5 Å². The molecule has 8 heteroatoms. The van der Waals surface area contributed by atoms with Gasteiger partial charge < -0.3 is 10.0 Å². The second kappa shape index (κ2) is 9.59. The van der Waals surface area contributed by atoms with Crippen molar-refractivity contribution in [2.75, 3.05) is 11.7 Å². The highest BCUT2D eigenvalue weighted by atomic mass is 32.2. The van der Waals surface area contributed by atoms with Crippen LogP contribution in [0.15, 0.2) is 70.5 Å². The molecule has 1 aromatic heterocycles. The Kier molecular flexibility index (Phi) is 6.03. The molecule has 7 rings (SSSR count). The number of carbonyl (C=O) groups is 2. The highest BCUT2D eigenvalue weighted by molar-refractivity contribution is 7.98. The molecular weight excluding hydrogens is 510 g/mol. The summed E-state index contributed by atoms with van der Waals surface area (Å²) in [5, 5.41) is 13.0. The van der Waals surface area contributed by atoms with Gasteiger partial charge in [0, 0.05) is 41.8 Å². The quantitative estimate of drug-likeness (QED) is 0.481. The third-order valence-corrected chi connectivity index (χ3v) is 9.86. The molecule has 2 aromatic carbocycles. The molecule has 3 aromatic rings. The van der Waals surface area contributed by atoms with Crippen molar-refractivity contribution < 1.29 is 14.7 Å². The highest BCUT2D eigenvalue weighted by Gasteiger charge is 2.44. The summed E-state index contributed by atoms with van der Waals surface area (Å²) in [4.78, 5) is 41.7. The van der Waals surface area contributed by atoms with E-state index in [0.29, 0.717) is 31.2 Å². The van der Waals surface area contributed by atoms with Crippen molar-refractivity contribution in [1.29, 1.82) is 0 Å². The van der Waals surface area contributed by atoms with E-state index >= 15 is 0 Å². The predicted octanol–water partition coefficient (Wildman–Crippen LogP) is 4.84. The normalized spacial score (nSPS) is 23.8. The maximum atomic E-state index is 13.8. The largest absolute Gasteiger partial charge is 0.502 e. The molecule has 0 bridgehead atoms. The first-order valence-corrected chi connectivity index (χ1v) is 14.8. The molecule has 7 nitrogen and oxygen atoms in total. The van der Waals surface area contributed by atoms with Crippen LogP contribution in [0.4, 0.5) is 0 Å². The highest BCUT2D eigenvalue weighted by Crippen LogP contribution is 2.44. The molecule has 2 fully saturated rings. The third kappa shape index (κ3) is 4.35. The summed E-state index contributed by atoms with van der Waals surface area (Å²) in [7, 11) is 0. The van der Waals surface area contributed by atoms with Crippen molar-refractivity contribution >= 4 is 23.5 Å². The van der Waals surface area contributed by atoms with Crippen LogP contribution >= 0.6 is 11.8 Å². The Morgan fingerprint density at radius 3 is 2.44 bits per heavy atom. The van der Waals surface area contributed by atoms with Crippen LogP contribution in [0.5, 0.6) is 5.75 Å². The fraction of sp³-hybridized carbons (Fsp3) is 0.387. The van der Waals surface area contributed by atoms with E-state index in [2.05, 4.69) is 29.3 Å². The molecule has 0 spiro atoms. The Balaban J connectivity index is 1.26. The number of benzene rings is 2. The fourth-order valence-corrected chi connectivity index (χ4v) is 7.52. The number of aromatic hydroxyl groups is 1. The van der Waals surface area contributed by atoms with Gasteiger partial charge in [-0.15, -0.1) is 11.8 Å². The lowest BCUT2D eigenvalue weighted by molar-refractivity contribution is -0.121. The zero-order valence-electron chi connectivity index (χ0n) is 21.7. The molecule has 3 heterocycles. The van der Waals surface area contributed by atoms with Crippen molar-refractivity contribution in [3.63, 3.8) is 0 Å². The minimum absolute atomic E-state index is 0.00821. The molecule has 2 aliphatic heterocycles. The van der Waals surface area contributed by atoms with E-state index in [1.807, 2.05) is 24.3 Å². The number of fused-ring (bicyclic) bond motifs is 3. The lowest BCUT2D eigenvalue weighted by Gasteiger charge is -2.50. The number of hydrogen-bond donors (Lipinski definition) is 1. The molecule has 2 aliphatic carbocycles. The van der Waals surface area contributed by atoms with Crippen molar-refractivity contribution in [2.45, 2.75) is 61.3 Å². The predicted molar refractivity (Wildman–Crippen MR) is 149 cm³/mol. The van der Waals surface area contributed by atoms with Crippen molar-refractivity contribution in [3.8, 4) is 5.75 Å². The molecular formula is C31H31N3O4S. The summed E-state index contributed by atoms with van der Waals surface area (Å²) in [6.45, 7) is 0.319. The minimum Gasteiger partial charge on any atom is -0.502 e. The standard InChI is InChI=1S/C31H31N3O4S/c35-23(15-19-9-10-19)16-20-13-22(14-20)32-18-34(33-12-11-26(36)30(37)29(33)31(32)38)28-24-6-2-1-5-21(24)17-39-27-8-4-3-7-25(27)28/h1-8,11-12,19-20,22,28,37H,9-10,13-18H2/t20?,22?,28-/m0/s1. The average molecular weight is 542 g/mol. The van der Waals surface area contributed by atoms with Crippen LogP contribution in [-0.4, -0.2) is 39.1 Å². The summed E-state index contributed by atoms with van der Waals surface area (Å²) in [5.41, 5.74) is 2.94. The molecule has 1 N–H and O–H groups in total. The Morgan fingerprint density at radius 2 is 1.64 bits per heavy atom. The van der Waals surface area contributed by atoms with Crippen LogP contribution in [0.25, 0.3) is 0 Å². The van der Waals surface area contributed by atoms with Gasteiger partial charge in [0.1, 0.15) is 12.5 Å². The van der Waals surface area contributed by atoms with E-state index < -0.39 is 11.2 Å². The Bertz CT molecular complexity index is 1480. The van der Waals surface area contributed by atoms with Gasteiger partial charge in [-0.3, -0.25) is 24.1 Å². The maximum absolute atomic E-state index is 13.8. The summed E-state index contributed by atoms with van der Waals surface area (Å²) in [6, 6.07) is 17.8. The van der Waals surface area contributed by atoms with E-state index in [4.69, 9.17) is 0 Å². The van der Waals surface area contributed by atoms with Crippen molar-refractivity contribution in [3.05, 3.63) is 93.4 Å². The second-order valence-electron chi connectivity index (χ2n) is 11.4. The maximum Gasteiger partial charge on any atom is 0.278 e. The van der Waals surface area contributed by atoms with E-state index in [1.54, 1.807) is 27.5 Å². The van der Waals surface area contributed by atoms with E-state index in [-0.39, 0.29) is 29.6 Å². The summed E-state index contributed by atoms with van der Waals surface area (Å²) < 4.78 is 1.68. The van der Waals surface area contributed by atoms with Gasteiger partial charge in [-0.05, 0) is 60.3 Å². The molecule has 2 saturated carbocycles. The van der Waals surface area contributed by atoms with E-state index in [9.17, 15) is 19.5 Å². The van der Waals surface area contributed by atoms with Crippen LogP contribution in [0, 0.1) is 11.8 Å². The fourth-order valence-electron chi connectivity index (χ4n) is 6.43. The number of nitrogens with zero attached hydrogens (tertiary/aromatic N) is 3. The van der Waals surface area contributed by atoms with Gasteiger partial charge in [0.05, 0.1) is 6.04 Å². The molecule has 4 aliphatic rings.